The molecule has 4 aromatic carbocycles. The van der Waals surface area contributed by atoms with Gasteiger partial charge in [0.2, 0.25) is 11.8 Å². The molecule has 0 aliphatic carbocycles. The summed E-state index contributed by atoms with van der Waals surface area (Å²) in [4.78, 5) is 29.1. The van der Waals surface area contributed by atoms with Crippen molar-refractivity contribution in [1.29, 1.82) is 0 Å². The van der Waals surface area contributed by atoms with Crippen molar-refractivity contribution in [3.8, 4) is 0 Å². The fraction of sp³-hybridized carbons (Fsp3) is 0.212. The maximum atomic E-state index is 14.3. The monoisotopic (exact) mass is 621 g/mol. The predicted molar refractivity (Wildman–Crippen MR) is 167 cm³/mol. The average molecular weight is 622 g/mol. The number of carbonyl (C=O) groups excluding carboxylic acids is 2. The number of amides is 2. The number of aryl methyl sites for hydroxylation is 1. The fourth-order valence-electron chi connectivity index (χ4n) is 4.61. The summed E-state index contributed by atoms with van der Waals surface area (Å²) in [5, 5.41) is 3.21. The zero-order chi connectivity index (χ0) is 31.0. The Labute approximate surface area is 257 Å². The molecule has 0 saturated carbocycles. The van der Waals surface area contributed by atoms with E-state index in [2.05, 4.69) is 5.32 Å². The smallest absolute Gasteiger partial charge is 0.264 e. The lowest BCUT2D eigenvalue weighted by atomic mass is 10.0. The van der Waals surface area contributed by atoms with Crippen LogP contribution in [-0.4, -0.2) is 44.3 Å². The van der Waals surface area contributed by atoms with Crippen molar-refractivity contribution in [2.75, 3.05) is 17.4 Å². The van der Waals surface area contributed by atoms with Crippen molar-refractivity contribution < 1.29 is 22.4 Å². The van der Waals surface area contributed by atoms with Crippen LogP contribution in [0.3, 0.4) is 0 Å². The Kier molecular flexibility index (Phi) is 10.6. The van der Waals surface area contributed by atoms with Gasteiger partial charge in [0, 0.05) is 24.5 Å². The number of hydrogen-bond acceptors (Lipinski definition) is 4. The molecule has 4 rings (SSSR count). The van der Waals surface area contributed by atoms with Gasteiger partial charge in [-0.1, -0.05) is 71.8 Å². The minimum absolute atomic E-state index is 0.00972. The zero-order valence-corrected chi connectivity index (χ0v) is 25.5. The van der Waals surface area contributed by atoms with Crippen LogP contribution in [0.4, 0.5) is 10.1 Å². The van der Waals surface area contributed by atoms with Gasteiger partial charge in [0.1, 0.15) is 18.4 Å². The molecule has 1 atom stereocenters. The van der Waals surface area contributed by atoms with Gasteiger partial charge in [-0.2, -0.15) is 0 Å². The van der Waals surface area contributed by atoms with E-state index in [1.54, 1.807) is 31.2 Å². The molecular formula is C33H33ClFN3O4S. The maximum Gasteiger partial charge on any atom is 0.264 e. The van der Waals surface area contributed by atoms with Crippen LogP contribution in [0, 0.1) is 12.7 Å². The lowest BCUT2D eigenvalue weighted by Gasteiger charge is -2.33. The van der Waals surface area contributed by atoms with Crippen molar-refractivity contribution in [3.63, 3.8) is 0 Å². The van der Waals surface area contributed by atoms with E-state index in [9.17, 15) is 22.4 Å². The zero-order valence-electron chi connectivity index (χ0n) is 23.9. The number of hydrogen-bond donors (Lipinski definition) is 1. The second kappa shape index (κ2) is 14.3. The number of carbonyl (C=O) groups is 2. The van der Waals surface area contributed by atoms with E-state index >= 15 is 0 Å². The first kappa shape index (κ1) is 31.7. The Balaban J connectivity index is 1.78. The number of nitrogens with zero attached hydrogens (tertiary/aromatic N) is 2. The van der Waals surface area contributed by atoms with Crippen molar-refractivity contribution in [1.82, 2.24) is 10.2 Å². The molecule has 0 saturated heterocycles. The summed E-state index contributed by atoms with van der Waals surface area (Å²) in [6.07, 6.45) is 0.186. The topological polar surface area (TPSA) is 86.8 Å². The molecule has 0 bridgehead atoms. The van der Waals surface area contributed by atoms with Crippen LogP contribution in [0.5, 0.6) is 0 Å². The summed E-state index contributed by atoms with van der Waals surface area (Å²) in [6.45, 7) is 3.32. The van der Waals surface area contributed by atoms with Crippen LogP contribution < -0.4 is 9.62 Å². The molecule has 4 aromatic rings. The molecule has 1 N–H and O–H groups in total. The third-order valence-electron chi connectivity index (χ3n) is 6.89. The third kappa shape index (κ3) is 8.21. The Morgan fingerprint density at radius 2 is 1.49 bits per heavy atom. The molecule has 0 fully saturated rings. The van der Waals surface area contributed by atoms with Gasteiger partial charge >= 0.3 is 0 Å². The fourth-order valence-corrected chi connectivity index (χ4v) is 6.15. The number of likely N-dealkylation sites (N-methyl/N-ethyl adjacent to an activating group) is 1. The minimum Gasteiger partial charge on any atom is -0.355 e. The summed E-state index contributed by atoms with van der Waals surface area (Å²) in [5.41, 5.74) is 2.51. The Hall–Kier alpha value is -4.21. The number of halogens is 2. The summed E-state index contributed by atoms with van der Waals surface area (Å²) in [5.74, 6) is -1.44. The number of rotatable bonds is 12. The van der Waals surface area contributed by atoms with E-state index in [0.717, 1.165) is 15.4 Å². The van der Waals surface area contributed by atoms with Crippen molar-refractivity contribution in [2.24, 2.45) is 0 Å². The molecule has 0 aromatic heterocycles. The van der Waals surface area contributed by atoms with Crippen LogP contribution in [0.25, 0.3) is 0 Å². The molecular weight excluding hydrogens is 589 g/mol. The van der Waals surface area contributed by atoms with Gasteiger partial charge < -0.3 is 10.2 Å². The van der Waals surface area contributed by atoms with E-state index in [-0.39, 0.29) is 29.5 Å². The van der Waals surface area contributed by atoms with E-state index in [1.165, 1.54) is 53.4 Å². The second-order valence-electron chi connectivity index (χ2n) is 10.0. The normalized spacial score (nSPS) is 11.9. The van der Waals surface area contributed by atoms with Gasteiger partial charge in [-0.3, -0.25) is 13.9 Å². The highest BCUT2D eigenvalue weighted by atomic mass is 35.5. The molecule has 0 radical (unpaired) electrons. The number of sulfonamides is 1. The lowest BCUT2D eigenvalue weighted by molar-refractivity contribution is -0.140. The summed E-state index contributed by atoms with van der Waals surface area (Å²) < 4.78 is 42.7. The molecule has 7 nitrogen and oxygen atoms in total. The van der Waals surface area contributed by atoms with E-state index in [0.29, 0.717) is 17.1 Å². The Morgan fingerprint density at radius 3 is 2.09 bits per heavy atom. The summed E-state index contributed by atoms with van der Waals surface area (Å²) in [6, 6.07) is 26.4. The third-order valence-corrected chi connectivity index (χ3v) is 8.93. The molecule has 0 aliphatic heterocycles. The van der Waals surface area contributed by atoms with Gasteiger partial charge in [0.15, 0.2) is 0 Å². The van der Waals surface area contributed by atoms with Gasteiger partial charge in [0.05, 0.1) is 10.6 Å². The van der Waals surface area contributed by atoms with Crippen molar-refractivity contribution in [2.45, 2.75) is 37.8 Å². The predicted octanol–water partition coefficient (Wildman–Crippen LogP) is 5.76. The van der Waals surface area contributed by atoms with Crippen LogP contribution in [-0.2, 0) is 32.6 Å². The Bertz CT molecular complexity index is 1630. The van der Waals surface area contributed by atoms with Crippen LogP contribution in [0.15, 0.2) is 108 Å². The minimum atomic E-state index is -4.21. The molecule has 0 unspecified atom stereocenters. The van der Waals surface area contributed by atoms with Crippen molar-refractivity contribution in [3.05, 3.63) is 131 Å². The highest BCUT2D eigenvalue weighted by Crippen LogP contribution is 2.26. The molecule has 43 heavy (non-hydrogen) atoms. The SMILES string of the molecule is CCNC(=O)[C@@H](Cc1ccccc1)N(Cc1ccc(F)cc1)C(=O)CN(c1ccc(Cl)cc1)S(=O)(=O)c1ccc(C)cc1. The van der Waals surface area contributed by atoms with E-state index < -0.39 is 34.3 Å². The van der Waals surface area contributed by atoms with Gasteiger partial charge in [-0.15, -0.1) is 0 Å². The van der Waals surface area contributed by atoms with E-state index in [1.807, 2.05) is 37.3 Å². The average Bonchev–Trinajstić information content (AvgIpc) is 3.00. The highest BCUT2D eigenvalue weighted by Gasteiger charge is 2.34. The Morgan fingerprint density at radius 1 is 0.860 bits per heavy atom. The van der Waals surface area contributed by atoms with Crippen LogP contribution in [0.1, 0.15) is 23.6 Å². The highest BCUT2D eigenvalue weighted by molar-refractivity contribution is 7.92. The largest absolute Gasteiger partial charge is 0.355 e. The molecule has 0 aliphatic rings. The van der Waals surface area contributed by atoms with E-state index in [4.69, 9.17) is 11.6 Å². The van der Waals surface area contributed by atoms with Gasteiger partial charge in [-0.05, 0) is 73.5 Å². The number of nitrogens with one attached hydrogen (secondary N) is 1. The van der Waals surface area contributed by atoms with Gasteiger partial charge in [0.25, 0.3) is 10.0 Å². The maximum absolute atomic E-state index is 14.3. The molecule has 2 amide bonds. The molecule has 0 spiro atoms. The standard InChI is InChI=1S/C33H33ClFN3O4S/c1-3-36-33(40)31(21-25-7-5-4-6-8-25)37(22-26-11-15-28(35)16-12-26)32(39)23-38(29-17-13-27(34)14-18-29)43(41,42)30-19-9-24(2)10-20-30/h4-20,31H,3,21-23H2,1-2H3,(H,36,40)/t31-/m1/s1. The number of benzene rings is 4. The molecule has 0 heterocycles. The molecule has 10 heteroatoms. The first-order valence-corrected chi connectivity index (χ1v) is 15.6. The second-order valence-corrected chi connectivity index (χ2v) is 12.3. The summed E-state index contributed by atoms with van der Waals surface area (Å²) >= 11 is 6.09. The van der Waals surface area contributed by atoms with Crippen LogP contribution >= 0.6 is 11.6 Å². The van der Waals surface area contributed by atoms with Gasteiger partial charge in [-0.25, -0.2) is 12.8 Å². The first-order chi connectivity index (χ1) is 20.6. The lowest BCUT2D eigenvalue weighted by Crippen LogP contribution is -2.53. The van der Waals surface area contributed by atoms with Crippen LogP contribution in [0.2, 0.25) is 5.02 Å². The summed E-state index contributed by atoms with van der Waals surface area (Å²) in [7, 11) is -4.21. The number of anilines is 1. The first-order valence-electron chi connectivity index (χ1n) is 13.8. The molecule has 224 valence electrons. The van der Waals surface area contributed by atoms with Crippen molar-refractivity contribution >= 4 is 39.1 Å². The quantitative estimate of drug-likeness (QED) is 0.218.